The van der Waals surface area contributed by atoms with Gasteiger partial charge in [0, 0.05) is 39.8 Å². The minimum absolute atomic E-state index is 0. The van der Waals surface area contributed by atoms with Crippen LogP contribution in [0, 0.1) is 6.92 Å². The van der Waals surface area contributed by atoms with Gasteiger partial charge in [-0.15, -0.1) is 34.2 Å². The van der Waals surface area contributed by atoms with Crippen LogP contribution in [0.1, 0.15) is 44.3 Å². The summed E-state index contributed by atoms with van der Waals surface area (Å²) < 4.78 is 7.12. The maximum atomic E-state index is 5.14. The molecule has 0 aromatic carbocycles. The van der Waals surface area contributed by atoms with Crippen LogP contribution in [0.3, 0.4) is 0 Å². The molecule has 0 bridgehead atoms. The van der Waals surface area contributed by atoms with Crippen molar-refractivity contribution in [3.8, 4) is 0 Å². The number of aliphatic imine (C=N–C) groups is 1. The molecule has 0 amide bonds. The van der Waals surface area contributed by atoms with Gasteiger partial charge >= 0.3 is 0 Å². The molecule has 0 atom stereocenters. The summed E-state index contributed by atoms with van der Waals surface area (Å²) in [5.74, 6) is 2.59. The molecule has 2 rings (SSSR count). The second kappa shape index (κ2) is 13.3. The Morgan fingerprint density at radius 1 is 1.30 bits per heavy atom. The number of guanidine groups is 1. The van der Waals surface area contributed by atoms with Crippen molar-refractivity contribution in [1.29, 1.82) is 0 Å². The van der Waals surface area contributed by atoms with Crippen LogP contribution in [0.25, 0.3) is 0 Å². The number of piperidine rings is 1. The number of aromatic nitrogens is 3. The van der Waals surface area contributed by atoms with Gasteiger partial charge in [0.15, 0.2) is 11.8 Å². The molecule has 1 aromatic heterocycles. The summed E-state index contributed by atoms with van der Waals surface area (Å²) in [7, 11) is 3.68. The Labute approximate surface area is 180 Å². The van der Waals surface area contributed by atoms with Gasteiger partial charge in [-0.1, -0.05) is 13.3 Å². The third-order valence-electron chi connectivity index (χ3n) is 4.92. The molecule has 1 aliphatic rings. The molecule has 27 heavy (non-hydrogen) atoms. The third kappa shape index (κ3) is 8.30. The normalized spacial score (nSPS) is 16.2. The zero-order chi connectivity index (χ0) is 18.8. The Kier molecular flexibility index (Phi) is 11.8. The molecule has 0 spiro atoms. The van der Waals surface area contributed by atoms with E-state index in [9.17, 15) is 0 Å². The standard InChI is InChI=1S/C18H35N7O.HI/c1-5-6-10-25-11-7-16(8-12-25)21-18(19-9-13-26-4)20-14-17-23-22-15(2)24(17)3;/h16H,5-14H2,1-4H3,(H2,19,20,21);1H. The maximum absolute atomic E-state index is 5.14. The number of likely N-dealkylation sites (tertiary alicyclic amines) is 1. The molecular formula is C18H36IN7O. The number of unbranched alkanes of at least 4 members (excludes halogenated alkanes) is 1. The van der Waals surface area contributed by atoms with Gasteiger partial charge in [0.05, 0.1) is 6.61 Å². The first-order chi connectivity index (χ1) is 12.6. The van der Waals surface area contributed by atoms with E-state index in [1.54, 1.807) is 7.11 Å². The predicted molar refractivity (Wildman–Crippen MR) is 120 cm³/mol. The number of nitrogens with one attached hydrogen (secondary N) is 2. The average Bonchev–Trinajstić information content (AvgIpc) is 2.97. The highest BCUT2D eigenvalue weighted by atomic mass is 127. The highest BCUT2D eigenvalue weighted by Crippen LogP contribution is 2.11. The molecule has 0 aliphatic carbocycles. The van der Waals surface area contributed by atoms with Crippen LogP contribution in [-0.2, 0) is 18.3 Å². The number of nitrogens with zero attached hydrogens (tertiary/aromatic N) is 5. The Morgan fingerprint density at radius 2 is 2.04 bits per heavy atom. The van der Waals surface area contributed by atoms with Crippen LogP contribution in [0.5, 0.6) is 0 Å². The van der Waals surface area contributed by atoms with E-state index in [0.717, 1.165) is 50.1 Å². The predicted octanol–water partition coefficient (Wildman–Crippen LogP) is 1.69. The number of aryl methyl sites for hydroxylation is 1. The van der Waals surface area contributed by atoms with Gasteiger partial charge in [0.1, 0.15) is 12.4 Å². The van der Waals surface area contributed by atoms with E-state index in [1.807, 2.05) is 18.5 Å². The lowest BCUT2D eigenvalue weighted by atomic mass is 10.0. The monoisotopic (exact) mass is 493 g/mol. The van der Waals surface area contributed by atoms with E-state index >= 15 is 0 Å². The van der Waals surface area contributed by atoms with Crippen molar-refractivity contribution < 1.29 is 4.74 Å². The zero-order valence-corrected chi connectivity index (χ0v) is 19.5. The molecule has 9 heteroatoms. The van der Waals surface area contributed by atoms with E-state index in [-0.39, 0.29) is 24.0 Å². The molecule has 2 heterocycles. The number of hydrogen-bond acceptors (Lipinski definition) is 5. The first-order valence-corrected chi connectivity index (χ1v) is 9.75. The van der Waals surface area contributed by atoms with Crippen LogP contribution in [0.2, 0.25) is 0 Å². The Balaban J connectivity index is 0.00000364. The first-order valence-electron chi connectivity index (χ1n) is 9.75. The van der Waals surface area contributed by atoms with Gasteiger partial charge < -0.3 is 24.8 Å². The number of methoxy groups -OCH3 is 1. The van der Waals surface area contributed by atoms with Gasteiger partial charge in [-0.2, -0.15) is 0 Å². The Morgan fingerprint density at radius 3 is 2.63 bits per heavy atom. The van der Waals surface area contributed by atoms with Crippen molar-refractivity contribution in [3.63, 3.8) is 0 Å². The molecule has 1 fully saturated rings. The van der Waals surface area contributed by atoms with Crippen LogP contribution >= 0.6 is 24.0 Å². The first kappa shape index (κ1) is 24.1. The fourth-order valence-electron chi connectivity index (χ4n) is 3.04. The van der Waals surface area contributed by atoms with Crippen molar-refractivity contribution in [2.24, 2.45) is 12.0 Å². The summed E-state index contributed by atoms with van der Waals surface area (Å²) in [4.78, 5) is 7.27. The largest absolute Gasteiger partial charge is 0.383 e. The lowest BCUT2D eigenvalue weighted by Crippen LogP contribution is -2.49. The molecule has 0 unspecified atom stereocenters. The van der Waals surface area contributed by atoms with Gasteiger partial charge in [-0.05, 0) is 32.7 Å². The van der Waals surface area contributed by atoms with Gasteiger partial charge in [-0.3, -0.25) is 0 Å². The Hall–Kier alpha value is -0.940. The lowest BCUT2D eigenvalue weighted by Gasteiger charge is -2.33. The van der Waals surface area contributed by atoms with Crippen molar-refractivity contribution in [1.82, 2.24) is 30.3 Å². The fraction of sp³-hybridized carbons (Fsp3) is 0.833. The molecule has 0 saturated carbocycles. The second-order valence-electron chi connectivity index (χ2n) is 6.92. The third-order valence-corrected chi connectivity index (χ3v) is 4.92. The van der Waals surface area contributed by atoms with Crippen LogP contribution < -0.4 is 10.6 Å². The quantitative estimate of drug-likeness (QED) is 0.236. The summed E-state index contributed by atoms with van der Waals surface area (Å²) in [5.41, 5.74) is 0. The van der Waals surface area contributed by atoms with Crippen molar-refractivity contribution >= 4 is 29.9 Å². The minimum Gasteiger partial charge on any atom is -0.383 e. The highest BCUT2D eigenvalue weighted by molar-refractivity contribution is 14.0. The maximum Gasteiger partial charge on any atom is 0.192 e. The second-order valence-corrected chi connectivity index (χ2v) is 6.92. The molecule has 0 radical (unpaired) electrons. The molecule has 8 nitrogen and oxygen atoms in total. The van der Waals surface area contributed by atoms with E-state index in [4.69, 9.17) is 9.73 Å². The smallest absolute Gasteiger partial charge is 0.192 e. The SMILES string of the molecule is CCCCN1CCC(NC(=NCc2nnc(C)n2C)NCCOC)CC1.I. The summed E-state index contributed by atoms with van der Waals surface area (Å²) in [5, 5.41) is 15.2. The zero-order valence-electron chi connectivity index (χ0n) is 17.2. The average molecular weight is 493 g/mol. The van der Waals surface area contributed by atoms with Crippen molar-refractivity contribution in [3.05, 3.63) is 11.6 Å². The summed E-state index contributed by atoms with van der Waals surface area (Å²) in [6.07, 6.45) is 4.86. The van der Waals surface area contributed by atoms with E-state index < -0.39 is 0 Å². The van der Waals surface area contributed by atoms with Gasteiger partial charge in [-0.25, -0.2) is 4.99 Å². The molecule has 1 saturated heterocycles. The molecule has 1 aliphatic heterocycles. The van der Waals surface area contributed by atoms with Crippen LogP contribution in [0.4, 0.5) is 0 Å². The topological polar surface area (TPSA) is 79.6 Å². The summed E-state index contributed by atoms with van der Waals surface area (Å²) in [6.45, 7) is 9.63. The Bertz CT molecular complexity index is 556. The summed E-state index contributed by atoms with van der Waals surface area (Å²) >= 11 is 0. The number of halogens is 1. The highest BCUT2D eigenvalue weighted by Gasteiger charge is 2.19. The van der Waals surface area contributed by atoms with Crippen molar-refractivity contribution in [2.75, 3.05) is 39.9 Å². The van der Waals surface area contributed by atoms with E-state index in [0.29, 0.717) is 19.2 Å². The lowest BCUT2D eigenvalue weighted by molar-refractivity contribution is 0.199. The van der Waals surface area contributed by atoms with Crippen molar-refractivity contribution in [2.45, 2.75) is 52.1 Å². The molecular weight excluding hydrogens is 457 g/mol. The van der Waals surface area contributed by atoms with Crippen LogP contribution in [-0.4, -0.2) is 71.6 Å². The number of hydrogen-bond donors (Lipinski definition) is 2. The number of rotatable bonds is 9. The van der Waals surface area contributed by atoms with E-state index in [1.165, 1.54) is 19.4 Å². The van der Waals surface area contributed by atoms with Gasteiger partial charge in [0.2, 0.25) is 0 Å². The minimum atomic E-state index is 0. The van der Waals surface area contributed by atoms with Gasteiger partial charge in [0.25, 0.3) is 0 Å². The van der Waals surface area contributed by atoms with E-state index in [2.05, 4.69) is 32.7 Å². The number of ether oxygens (including phenoxy) is 1. The molecule has 156 valence electrons. The summed E-state index contributed by atoms with van der Waals surface area (Å²) in [6, 6.07) is 0.461. The molecule has 2 N–H and O–H groups in total. The molecule has 1 aromatic rings. The van der Waals surface area contributed by atoms with Crippen LogP contribution in [0.15, 0.2) is 4.99 Å². The fourth-order valence-corrected chi connectivity index (χ4v) is 3.04.